The van der Waals surface area contributed by atoms with Crippen molar-refractivity contribution < 1.29 is 18.9 Å². The van der Waals surface area contributed by atoms with Gasteiger partial charge in [0.2, 0.25) is 0 Å². The van der Waals surface area contributed by atoms with Crippen molar-refractivity contribution in [2.45, 2.75) is 13.0 Å². The van der Waals surface area contributed by atoms with Gasteiger partial charge in [-0.05, 0) is 13.0 Å². The highest BCUT2D eigenvalue weighted by atomic mass is 16.6. The van der Waals surface area contributed by atoms with Crippen molar-refractivity contribution >= 4 is 11.8 Å². The van der Waals surface area contributed by atoms with Gasteiger partial charge >= 0.3 is 5.88 Å². The van der Waals surface area contributed by atoms with Crippen molar-refractivity contribution in [3.8, 4) is 0 Å². The summed E-state index contributed by atoms with van der Waals surface area (Å²) < 4.78 is 10.1. The van der Waals surface area contributed by atoms with Crippen LogP contribution in [-0.2, 0) is 4.74 Å². The molecule has 1 amide bonds. The second-order valence-electron chi connectivity index (χ2n) is 4.60. The summed E-state index contributed by atoms with van der Waals surface area (Å²) in [5.41, 5.74) is 0. The van der Waals surface area contributed by atoms with Crippen LogP contribution < -0.4 is 5.32 Å². The first-order valence-corrected chi connectivity index (χ1v) is 6.42. The van der Waals surface area contributed by atoms with E-state index in [1.807, 2.05) is 6.92 Å². The molecule has 1 aliphatic rings. The van der Waals surface area contributed by atoms with Gasteiger partial charge in [0.25, 0.3) is 5.91 Å². The Morgan fingerprint density at radius 2 is 2.20 bits per heavy atom. The minimum atomic E-state index is -0.673. The fourth-order valence-corrected chi connectivity index (χ4v) is 2.02. The van der Waals surface area contributed by atoms with Crippen LogP contribution in [0.2, 0.25) is 0 Å². The van der Waals surface area contributed by atoms with Crippen molar-refractivity contribution in [3.63, 3.8) is 0 Å². The molecule has 2 rings (SSSR count). The molecule has 0 aromatic carbocycles. The number of nitrogens with zero attached hydrogens (tertiary/aromatic N) is 2. The summed E-state index contributed by atoms with van der Waals surface area (Å²) in [6.07, 6.45) is 0. The standard InChI is InChI=1S/C12H17N3O5/c1-9(14-4-6-19-7-5-14)8-13-12(16)10-2-3-11(20-10)15(17)18/h2-3,9H,4-8H2,1H3,(H,13,16)/t9-/m1/s1. The molecule has 1 atom stereocenters. The molecular weight excluding hydrogens is 266 g/mol. The average Bonchev–Trinajstić information content (AvgIpc) is 2.95. The van der Waals surface area contributed by atoms with E-state index in [9.17, 15) is 14.9 Å². The van der Waals surface area contributed by atoms with Crippen LogP contribution in [0.1, 0.15) is 17.5 Å². The van der Waals surface area contributed by atoms with Gasteiger partial charge < -0.3 is 14.5 Å². The zero-order valence-electron chi connectivity index (χ0n) is 11.2. The molecule has 8 nitrogen and oxygen atoms in total. The van der Waals surface area contributed by atoms with Crippen LogP contribution in [0.3, 0.4) is 0 Å². The lowest BCUT2D eigenvalue weighted by molar-refractivity contribution is -0.402. The van der Waals surface area contributed by atoms with Gasteiger partial charge in [0.15, 0.2) is 5.76 Å². The number of ether oxygens (including phenoxy) is 1. The van der Waals surface area contributed by atoms with Crippen LogP contribution in [-0.4, -0.2) is 54.6 Å². The minimum absolute atomic E-state index is 0.0501. The Bertz CT molecular complexity index is 481. The minimum Gasteiger partial charge on any atom is -0.395 e. The predicted octanol–water partition coefficient (Wildman–Crippen LogP) is 0.638. The van der Waals surface area contributed by atoms with Crippen molar-refractivity contribution in [1.29, 1.82) is 0 Å². The molecule has 1 fully saturated rings. The molecule has 1 aromatic rings. The fourth-order valence-electron chi connectivity index (χ4n) is 2.02. The molecule has 0 saturated carbocycles. The number of rotatable bonds is 5. The molecular formula is C12H17N3O5. The third kappa shape index (κ3) is 3.55. The van der Waals surface area contributed by atoms with Crippen LogP contribution in [0.5, 0.6) is 0 Å². The van der Waals surface area contributed by atoms with Gasteiger partial charge in [0, 0.05) is 25.7 Å². The first kappa shape index (κ1) is 14.5. The topological polar surface area (TPSA) is 97.8 Å². The number of hydrogen-bond acceptors (Lipinski definition) is 6. The van der Waals surface area contributed by atoms with E-state index < -0.39 is 16.7 Å². The molecule has 1 saturated heterocycles. The normalized spacial score (nSPS) is 17.6. The maximum Gasteiger partial charge on any atom is 0.433 e. The summed E-state index contributed by atoms with van der Waals surface area (Å²) in [7, 11) is 0. The van der Waals surface area contributed by atoms with Gasteiger partial charge in [-0.1, -0.05) is 0 Å². The molecule has 0 radical (unpaired) electrons. The molecule has 20 heavy (non-hydrogen) atoms. The molecule has 0 bridgehead atoms. The van der Waals surface area contributed by atoms with Crippen LogP contribution in [0.4, 0.5) is 5.88 Å². The van der Waals surface area contributed by atoms with E-state index in [4.69, 9.17) is 9.15 Å². The summed E-state index contributed by atoms with van der Waals surface area (Å²) in [6, 6.07) is 2.64. The van der Waals surface area contributed by atoms with E-state index in [0.717, 1.165) is 13.1 Å². The number of carbonyl (C=O) groups excluding carboxylic acids is 1. The number of morpholine rings is 1. The number of carbonyl (C=O) groups is 1. The predicted molar refractivity (Wildman–Crippen MR) is 69.5 cm³/mol. The Morgan fingerprint density at radius 3 is 2.80 bits per heavy atom. The Morgan fingerprint density at radius 1 is 1.50 bits per heavy atom. The van der Waals surface area contributed by atoms with E-state index in [1.165, 1.54) is 12.1 Å². The fraction of sp³-hybridized carbons (Fsp3) is 0.583. The van der Waals surface area contributed by atoms with Crippen molar-refractivity contribution in [1.82, 2.24) is 10.2 Å². The summed E-state index contributed by atoms with van der Waals surface area (Å²) in [4.78, 5) is 23.8. The molecule has 110 valence electrons. The molecule has 8 heteroatoms. The van der Waals surface area contributed by atoms with Crippen LogP contribution >= 0.6 is 0 Å². The Balaban J connectivity index is 1.83. The van der Waals surface area contributed by atoms with Crippen LogP contribution in [0.15, 0.2) is 16.5 Å². The lowest BCUT2D eigenvalue weighted by Crippen LogP contribution is -2.47. The molecule has 2 heterocycles. The van der Waals surface area contributed by atoms with Gasteiger partial charge in [-0.15, -0.1) is 0 Å². The average molecular weight is 283 g/mol. The van der Waals surface area contributed by atoms with Crippen molar-refractivity contribution in [3.05, 3.63) is 28.0 Å². The number of hydrogen-bond donors (Lipinski definition) is 1. The smallest absolute Gasteiger partial charge is 0.395 e. The second kappa shape index (κ2) is 6.49. The largest absolute Gasteiger partial charge is 0.433 e. The van der Waals surface area contributed by atoms with Crippen molar-refractivity contribution in [2.75, 3.05) is 32.8 Å². The van der Waals surface area contributed by atoms with Gasteiger partial charge in [-0.2, -0.15) is 0 Å². The zero-order valence-corrected chi connectivity index (χ0v) is 11.2. The van der Waals surface area contributed by atoms with E-state index >= 15 is 0 Å². The molecule has 0 spiro atoms. The number of furan rings is 1. The monoisotopic (exact) mass is 283 g/mol. The quantitative estimate of drug-likeness (QED) is 0.629. The molecule has 0 aliphatic carbocycles. The molecule has 1 aliphatic heterocycles. The van der Waals surface area contributed by atoms with Crippen molar-refractivity contribution in [2.24, 2.45) is 0 Å². The zero-order chi connectivity index (χ0) is 14.5. The van der Waals surface area contributed by atoms with Gasteiger partial charge in [0.1, 0.15) is 4.92 Å². The highest BCUT2D eigenvalue weighted by Gasteiger charge is 2.20. The Hall–Kier alpha value is -1.93. The van der Waals surface area contributed by atoms with E-state index in [1.54, 1.807) is 0 Å². The summed E-state index contributed by atoms with van der Waals surface area (Å²) in [5, 5.41) is 13.2. The highest BCUT2D eigenvalue weighted by Crippen LogP contribution is 2.15. The lowest BCUT2D eigenvalue weighted by Gasteiger charge is -2.32. The first-order chi connectivity index (χ1) is 9.58. The molecule has 0 unspecified atom stereocenters. The summed E-state index contributed by atoms with van der Waals surface area (Å²) >= 11 is 0. The highest BCUT2D eigenvalue weighted by molar-refractivity contribution is 5.91. The summed E-state index contributed by atoms with van der Waals surface area (Å²) in [6.45, 7) is 5.53. The van der Waals surface area contributed by atoms with E-state index in [-0.39, 0.29) is 11.8 Å². The number of nitrogens with one attached hydrogen (secondary N) is 1. The molecule has 1 aromatic heterocycles. The first-order valence-electron chi connectivity index (χ1n) is 6.42. The van der Waals surface area contributed by atoms with Gasteiger partial charge in [-0.3, -0.25) is 19.8 Å². The SMILES string of the molecule is C[C@H](CNC(=O)c1ccc([N+](=O)[O-])o1)N1CCOCC1. The third-order valence-corrected chi connectivity index (χ3v) is 3.22. The molecule has 1 N–H and O–H groups in total. The van der Waals surface area contributed by atoms with Crippen LogP contribution in [0, 0.1) is 10.1 Å². The Labute approximate surface area is 115 Å². The third-order valence-electron chi connectivity index (χ3n) is 3.22. The van der Waals surface area contributed by atoms with E-state index in [2.05, 4.69) is 10.2 Å². The van der Waals surface area contributed by atoms with Crippen LogP contribution in [0.25, 0.3) is 0 Å². The number of amides is 1. The maximum absolute atomic E-state index is 11.8. The van der Waals surface area contributed by atoms with Gasteiger partial charge in [-0.25, -0.2) is 0 Å². The maximum atomic E-state index is 11.8. The Kier molecular flexibility index (Phi) is 4.70. The lowest BCUT2D eigenvalue weighted by atomic mass is 10.2. The summed E-state index contributed by atoms with van der Waals surface area (Å²) in [5.74, 6) is -0.930. The number of nitro groups is 1. The van der Waals surface area contributed by atoms with Gasteiger partial charge in [0.05, 0.1) is 19.3 Å². The van der Waals surface area contributed by atoms with E-state index in [0.29, 0.717) is 19.8 Å². The second-order valence-corrected chi connectivity index (χ2v) is 4.60.